The van der Waals surface area contributed by atoms with Crippen molar-refractivity contribution in [3.8, 4) is 11.1 Å². The van der Waals surface area contributed by atoms with Crippen molar-refractivity contribution in [3.63, 3.8) is 0 Å². The van der Waals surface area contributed by atoms with E-state index in [0.717, 1.165) is 32.1 Å². The number of nitrogens with one attached hydrogen (secondary N) is 1. The molecule has 0 saturated carbocycles. The molecule has 6 nitrogen and oxygen atoms in total. The zero-order valence-electron chi connectivity index (χ0n) is 15.3. The molecule has 0 saturated heterocycles. The SMILES string of the molecule is CC=CN(c1cccc(-c2ccc(C(N)=O)c3[nH]c(C)c(C)c23)c1)S(=O)[O-]. The van der Waals surface area contributed by atoms with Gasteiger partial charge in [-0.05, 0) is 55.7 Å². The number of hydrogen-bond donors (Lipinski definition) is 2. The highest BCUT2D eigenvalue weighted by Crippen LogP contribution is 2.36. The average Bonchev–Trinajstić information content (AvgIpc) is 2.93. The largest absolute Gasteiger partial charge is 0.755 e. The number of H-pyrrole nitrogens is 1. The molecule has 0 aliphatic heterocycles. The first kappa shape index (κ1) is 18.9. The highest BCUT2D eigenvalue weighted by Gasteiger charge is 2.17. The number of carbonyl (C=O) groups is 1. The van der Waals surface area contributed by atoms with Gasteiger partial charge in [0.25, 0.3) is 5.91 Å². The Morgan fingerprint density at radius 3 is 2.63 bits per heavy atom. The Bertz CT molecular complexity index is 1090. The third-order valence-corrected chi connectivity index (χ3v) is 5.23. The van der Waals surface area contributed by atoms with Gasteiger partial charge in [0, 0.05) is 17.3 Å². The Labute approximate surface area is 160 Å². The van der Waals surface area contributed by atoms with E-state index in [4.69, 9.17) is 5.73 Å². The molecule has 1 amide bonds. The van der Waals surface area contributed by atoms with Gasteiger partial charge < -0.3 is 15.3 Å². The first-order chi connectivity index (χ1) is 12.8. The smallest absolute Gasteiger partial charge is 0.250 e. The summed E-state index contributed by atoms with van der Waals surface area (Å²) in [7, 11) is 0. The number of nitrogens with two attached hydrogens (primary N) is 1. The number of allylic oxidation sites excluding steroid dienone is 1. The van der Waals surface area contributed by atoms with Crippen molar-refractivity contribution in [2.45, 2.75) is 20.8 Å². The molecule has 1 aromatic heterocycles. The maximum atomic E-state index is 11.8. The number of nitrogens with zero attached hydrogens (tertiary/aromatic N) is 1. The summed E-state index contributed by atoms with van der Waals surface area (Å²) in [6.07, 6.45) is 3.14. The van der Waals surface area contributed by atoms with Gasteiger partial charge in [-0.1, -0.05) is 24.3 Å². The summed E-state index contributed by atoms with van der Waals surface area (Å²) < 4.78 is 24.3. The highest BCUT2D eigenvalue weighted by molar-refractivity contribution is 7.80. The number of amides is 1. The number of hydrogen-bond acceptors (Lipinski definition) is 3. The molecule has 0 bridgehead atoms. The minimum absolute atomic E-state index is 0.428. The van der Waals surface area contributed by atoms with Crippen molar-refractivity contribution < 1.29 is 13.6 Å². The lowest BCUT2D eigenvalue weighted by atomic mass is 9.96. The van der Waals surface area contributed by atoms with Crippen LogP contribution in [0.3, 0.4) is 0 Å². The van der Waals surface area contributed by atoms with Crippen LogP contribution in [0.25, 0.3) is 22.0 Å². The van der Waals surface area contributed by atoms with Gasteiger partial charge in [0.05, 0.1) is 28.0 Å². The van der Waals surface area contributed by atoms with Gasteiger partial charge >= 0.3 is 0 Å². The monoisotopic (exact) mass is 382 g/mol. The summed E-state index contributed by atoms with van der Waals surface area (Å²) >= 11 is -2.43. The zero-order chi connectivity index (χ0) is 19.7. The molecule has 0 aliphatic carbocycles. The summed E-state index contributed by atoms with van der Waals surface area (Å²) in [5, 5.41) is 0.904. The molecule has 1 atom stereocenters. The van der Waals surface area contributed by atoms with Crippen molar-refractivity contribution >= 4 is 33.8 Å². The summed E-state index contributed by atoms with van der Waals surface area (Å²) in [4.78, 5) is 15.0. The molecule has 7 heteroatoms. The van der Waals surface area contributed by atoms with Gasteiger partial charge in [0.2, 0.25) is 0 Å². The quantitative estimate of drug-likeness (QED) is 0.658. The number of primary amides is 1. The van der Waals surface area contributed by atoms with E-state index in [9.17, 15) is 13.6 Å². The van der Waals surface area contributed by atoms with Crippen LogP contribution >= 0.6 is 0 Å². The van der Waals surface area contributed by atoms with Crippen molar-refractivity contribution in [2.75, 3.05) is 4.31 Å². The van der Waals surface area contributed by atoms with E-state index in [2.05, 4.69) is 4.98 Å². The molecule has 1 unspecified atom stereocenters. The van der Waals surface area contributed by atoms with Gasteiger partial charge in [-0.15, -0.1) is 0 Å². The lowest BCUT2D eigenvalue weighted by Gasteiger charge is -2.23. The second kappa shape index (κ2) is 7.38. The topological polar surface area (TPSA) is 102 Å². The van der Waals surface area contributed by atoms with E-state index in [-0.39, 0.29) is 0 Å². The molecule has 0 fully saturated rings. The normalized spacial score (nSPS) is 12.6. The number of anilines is 1. The van der Waals surface area contributed by atoms with Crippen molar-refractivity contribution in [1.29, 1.82) is 0 Å². The van der Waals surface area contributed by atoms with Crippen LogP contribution in [0.2, 0.25) is 0 Å². The van der Waals surface area contributed by atoms with E-state index < -0.39 is 17.2 Å². The Kier molecular flexibility index (Phi) is 5.16. The Morgan fingerprint density at radius 2 is 2.00 bits per heavy atom. The van der Waals surface area contributed by atoms with Gasteiger partial charge in [0.15, 0.2) is 0 Å². The second-order valence-corrected chi connectivity index (χ2v) is 7.05. The van der Waals surface area contributed by atoms with Crippen LogP contribution in [-0.4, -0.2) is 19.7 Å². The number of carbonyl (C=O) groups excluding carboxylic acids is 1. The van der Waals surface area contributed by atoms with E-state index in [1.165, 1.54) is 6.20 Å². The lowest BCUT2D eigenvalue weighted by Crippen LogP contribution is -2.18. The standard InChI is InChI=1S/C20H21N3O3S/c1-4-10-23(27(25)26)15-7-5-6-14(11-15)16-8-9-17(20(21)24)19-18(16)12(2)13(3)22-19/h4-11,22H,1-3H3,(H2,21,24)(H,25,26)/p-1. The molecule has 27 heavy (non-hydrogen) atoms. The first-order valence-corrected chi connectivity index (χ1v) is 9.42. The first-order valence-electron chi connectivity index (χ1n) is 8.38. The van der Waals surface area contributed by atoms with Crippen molar-refractivity contribution in [3.05, 3.63) is 65.5 Å². The van der Waals surface area contributed by atoms with E-state index in [1.54, 1.807) is 37.3 Å². The summed E-state index contributed by atoms with van der Waals surface area (Å²) in [6, 6.07) is 10.8. The van der Waals surface area contributed by atoms with Gasteiger partial charge in [-0.25, -0.2) is 0 Å². The second-order valence-electron chi connectivity index (χ2n) is 6.23. The fraction of sp³-hybridized carbons (Fsp3) is 0.150. The molecule has 3 N–H and O–H groups in total. The molecular formula is C20H20N3O3S-. The van der Waals surface area contributed by atoms with Crippen LogP contribution in [-0.2, 0) is 11.3 Å². The fourth-order valence-corrected chi connectivity index (χ4v) is 3.71. The predicted octanol–water partition coefficient (Wildman–Crippen LogP) is 3.68. The number of aryl methyl sites for hydroxylation is 2. The van der Waals surface area contributed by atoms with Crippen LogP contribution in [0.4, 0.5) is 5.69 Å². The fourth-order valence-electron chi connectivity index (χ4n) is 3.20. The van der Waals surface area contributed by atoms with Gasteiger partial charge in [0.1, 0.15) is 0 Å². The zero-order valence-corrected chi connectivity index (χ0v) is 16.1. The minimum Gasteiger partial charge on any atom is -0.755 e. The van der Waals surface area contributed by atoms with Crippen LogP contribution < -0.4 is 10.0 Å². The van der Waals surface area contributed by atoms with Crippen LogP contribution in [0, 0.1) is 13.8 Å². The average molecular weight is 382 g/mol. The lowest BCUT2D eigenvalue weighted by molar-refractivity contribution is 0.100. The van der Waals surface area contributed by atoms with E-state index in [0.29, 0.717) is 16.8 Å². The number of aromatic amines is 1. The maximum absolute atomic E-state index is 11.8. The minimum atomic E-state index is -2.43. The Hall–Kier alpha value is -2.90. The third-order valence-electron chi connectivity index (χ3n) is 4.58. The molecule has 2 aromatic carbocycles. The van der Waals surface area contributed by atoms with Crippen LogP contribution in [0.15, 0.2) is 48.7 Å². The molecule has 1 heterocycles. The Morgan fingerprint density at radius 1 is 1.26 bits per heavy atom. The molecule has 0 spiro atoms. The molecule has 0 aliphatic rings. The van der Waals surface area contributed by atoms with Crippen molar-refractivity contribution in [1.82, 2.24) is 4.98 Å². The van der Waals surface area contributed by atoms with E-state index in [1.807, 2.05) is 26.0 Å². The summed E-state index contributed by atoms with van der Waals surface area (Å²) in [5.74, 6) is -0.498. The molecule has 3 rings (SSSR count). The van der Waals surface area contributed by atoms with Crippen LogP contribution in [0.5, 0.6) is 0 Å². The Balaban J connectivity index is 2.25. The third kappa shape index (κ3) is 3.39. The maximum Gasteiger partial charge on any atom is 0.250 e. The number of fused-ring (bicyclic) bond motifs is 1. The van der Waals surface area contributed by atoms with Crippen molar-refractivity contribution in [2.24, 2.45) is 5.73 Å². The molecule has 3 aromatic rings. The van der Waals surface area contributed by atoms with Crippen LogP contribution in [0.1, 0.15) is 28.5 Å². The highest BCUT2D eigenvalue weighted by atomic mass is 32.2. The summed E-state index contributed by atoms with van der Waals surface area (Å²) in [5.41, 5.74) is 10.9. The predicted molar refractivity (Wildman–Crippen MR) is 108 cm³/mol. The molecule has 140 valence electrons. The number of rotatable bonds is 5. The molecular weight excluding hydrogens is 362 g/mol. The molecule has 0 radical (unpaired) electrons. The van der Waals surface area contributed by atoms with Gasteiger partial charge in [-0.2, -0.15) is 0 Å². The van der Waals surface area contributed by atoms with Gasteiger partial charge in [-0.3, -0.25) is 13.3 Å². The number of aromatic nitrogens is 1. The van der Waals surface area contributed by atoms with E-state index >= 15 is 0 Å². The number of benzene rings is 2. The summed E-state index contributed by atoms with van der Waals surface area (Å²) in [6.45, 7) is 5.67.